The number of hydrogen-bond acceptors (Lipinski definition) is 6. The maximum atomic E-state index is 11.5. The fourth-order valence-electron chi connectivity index (χ4n) is 2.65. The van der Waals surface area contributed by atoms with Gasteiger partial charge < -0.3 is 24.5 Å². The number of carbonyl (C=O) groups excluding carboxylic acids is 1. The summed E-state index contributed by atoms with van der Waals surface area (Å²) in [5, 5.41) is 0. The van der Waals surface area contributed by atoms with Crippen molar-refractivity contribution in [2.24, 2.45) is 5.73 Å². The zero-order chi connectivity index (χ0) is 18.7. The van der Waals surface area contributed by atoms with E-state index < -0.39 is 6.03 Å². The Morgan fingerprint density at radius 3 is 2.77 bits per heavy atom. The second-order valence-corrected chi connectivity index (χ2v) is 5.52. The van der Waals surface area contributed by atoms with Crippen LogP contribution in [0.3, 0.4) is 0 Å². The smallest absolute Gasteiger partial charge is 0.315 e. The average Bonchev–Trinajstić information content (AvgIpc) is 3.13. The van der Waals surface area contributed by atoms with Crippen molar-refractivity contribution >= 4 is 11.7 Å². The van der Waals surface area contributed by atoms with Gasteiger partial charge in [0.05, 0.1) is 38.3 Å². The van der Waals surface area contributed by atoms with Crippen LogP contribution < -0.4 is 15.2 Å². The number of primary amides is 1. The quantitative estimate of drug-likeness (QED) is 0.720. The number of nitrogens with two attached hydrogens (primary N) is 1. The van der Waals surface area contributed by atoms with Crippen molar-refractivity contribution in [3.05, 3.63) is 36.5 Å². The van der Waals surface area contributed by atoms with E-state index in [4.69, 9.17) is 15.2 Å². The monoisotopic (exact) mass is 356 g/mol. The summed E-state index contributed by atoms with van der Waals surface area (Å²) in [6.07, 6.45) is 6.91. The zero-order valence-electron chi connectivity index (χ0n) is 14.8. The molecule has 0 saturated carbocycles. The lowest BCUT2D eigenvalue weighted by Crippen LogP contribution is -2.35. The van der Waals surface area contributed by atoms with Crippen LogP contribution in [-0.2, 0) is 6.54 Å². The van der Waals surface area contributed by atoms with Gasteiger partial charge in [0.15, 0.2) is 5.65 Å². The highest BCUT2D eigenvalue weighted by molar-refractivity contribution is 5.72. The molecule has 9 nitrogen and oxygen atoms in total. The first-order chi connectivity index (χ1) is 12.6. The molecular formula is C17H20N6O3. The fourth-order valence-corrected chi connectivity index (χ4v) is 2.65. The molecule has 2 amide bonds. The van der Waals surface area contributed by atoms with Crippen LogP contribution in [0.5, 0.6) is 11.6 Å². The molecule has 26 heavy (non-hydrogen) atoms. The molecule has 0 aliphatic heterocycles. The van der Waals surface area contributed by atoms with E-state index in [1.165, 1.54) is 4.90 Å². The average molecular weight is 356 g/mol. The van der Waals surface area contributed by atoms with E-state index in [1.807, 2.05) is 29.8 Å². The Morgan fingerprint density at radius 1 is 1.31 bits per heavy atom. The van der Waals surface area contributed by atoms with Crippen molar-refractivity contribution in [3.8, 4) is 22.9 Å². The molecule has 0 fully saturated rings. The Labute approximate surface area is 150 Å². The molecule has 0 bridgehead atoms. The van der Waals surface area contributed by atoms with Crippen molar-refractivity contribution < 1.29 is 14.3 Å². The summed E-state index contributed by atoms with van der Waals surface area (Å²) in [5.41, 5.74) is 8.04. The van der Waals surface area contributed by atoms with Crippen LogP contribution in [-0.4, -0.2) is 51.0 Å². The number of nitrogens with zero attached hydrogens (tertiary/aromatic N) is 5. The number of hydrogen-bond donors (Lipinski definition) is 1. The number of fused-ring (bicyclic) bond motifs is 1. The van der Waals surface area contributed by atoms with Gasteiger partial charge in [0.25, 0.3) is 5.88 Å². The van der Waals surface area contributed by atoms with E-state index in [9.17, 15) is 4.79 Å². The number of aromatic nitrogens is 4. The fraction of sp³-hybridized carbons (Fsp3) is 0.294. The van der Waals surface area contributed by atoms with Crippen LogP contribution in [0.2, 0.25) is 0 Å². The topological polar surface area (TPSA) is 108 Å². The molecule has 0 spiro atoms. The molecule has 3 rings (SSSR count). The lowest BCUT2D eigenvalue weighted by atomic mass is 10.1. The summed E-state index contributed by atoms with van der Waals surface area (Å²) >= 11 is 0. The third-order valence-corrected chi connectivity index (χ3v) is 4.00. The van der Waals surface area contributed by atoms with Crippen molar-refractivity contribution in [2.45, 2.75) is 13.5 Å². The molecule has 0 unspecified atom stereocenters. The first-order valence-electron chi connectivity index (χ1n) is 8.02. The minimum Gasteiger partial charge on any atom is -0.494 e. The van der Waals surface area contributed by atoms with Crippen molar-refractivity contribution in [1.29, 1.82) is 0 Å². The van der Waals surface area contributed by atoms with Crippen LogP contribution in [0.15, 0.2) is 30.9 Å². The summed E-state index contributed by atoms with van der Waals surface area (Å²) in [5.74, 6) is 0.963. The molecule has 136 valence electrons. The van der Waals surface area contributed by atoms with Crippen LogP contribution in [0, 0.1) is 0 Å². The zero-order valence-corrected chi connectivity index (χ0v) is 14.8. The molecule has 0 atom stereocenters. The predicted molar refractivity (Wildman–Crippen MR) is 95.0 cm³/mol. The standard InChI is InChI=1S/C17H20N6O3/c1-4-22(17(18)24)9-11-7-12(14(25-2)8-20-11)13-10-23-6-5-19-15(23)16(21-13)26-3/h5-8,10H,4,9H2,1-3H3,(H2,18,24). The lowest BCUT2D eigenvalue weighted by Gasteiger charge is -2.18. The van der Waals surface area contributed by atoms with Gasteiger partial charge in [-0.05, 0) is 13.0 Å². The number of amides is 2. The van der Waals surface area contributed by atoms with Gasteiger partial charge in [0.2, 0.25) is 0 Å². The summed E-state index contributed by atoms with van der Waals surface area (Å²) in [4.78, 5) is 26.1. The number of carbonyl (C=O) groups is 1. The van der Waals surface area contributed by atoms with Gasteiger partial charge in [-0.25, -0.2) is 14.8 Å². The van der Waals surface area contributed by atoms with Crippen LogP contribution in [0.1, 0.15) is 12.6 Å². The lowest BCUT2D eigenvalue weighted by molar-refractivity contribution is 0.207. The van der Waals surface area contributed by atoms with Crippen LogP contribution >= 0.6 is 0 Å². The minimum absolute atomic E-state index is 0.299. The number of imidazole rings is 1. The van der Waals surface area contributed by atoms with Crippen molar-refractivity contribution in [1.82, 2.24) is 24.3 Å². The molecule has 2 N–H and O–H groups in total. The largest absolute Gasteiger partial charge is 0.494 e. The molecule has 0 aliphatic carbocycles. The second-order valence-electron chi connectivity index (χ2n) is 5.52. The second kappa shape index (κ2) is 7.26. The van der Waals surface area contributed by atoms with Gasteiger partial charge in [-0.2, -0.15) is 0 Å². The molecule has 3 heterocycles. The number of methoxy groups -OCH3 is 2. The van der Waals surface area contributed by atoms with E-state index in [0.29, 0.717) is 41.8 Å². The molecule has 0 aliphatic rings. The Balaban J connectivity index is 2.08. The number of pyridine rings is 1. The Hall–Kier alpha value is -3.36. The van der Waals surface area contributed by atoms with Gasteiger partial charge in [-0.15, -0.1) is 0 Å². The molecule has 3 aromatic heterocycles. The van der Waals surface area contributed by atoms with Gasteiger partial charge in [0.1, 0.15) is 5.75 Å². The predicted octanol–water partition coefficient (Wildman–Crippen LogP) is 1.71. The Kier molecular flexibility index (Phi) is 4.87. The molecule has 0 radical (unpaired) electrons. The van der Waals surface area contributed by atoms with Crippen LogP contribution in [0.25, 0.3) is 16.9 Å². The van der Waals surface area contributed by atoms with Gasteiger partial charge in [-0.3, -0.25) is 4.98 Å². The van der Waals surface area contributed by atoms with E-state index in [2.05, 4.69) is 15.0 Å². The molecule has 0 aromatic carbocycles. The van der Waals surface area contributed by atoms with Crippen LogP contribution in [0.4, 0.5) is 4.79 Å². The van der Waals surface area contributed by atoms with Gasteiger partial charge >= 0.3 is 6.03 Å². The minimum atomic E-state index is -0.494. The third-order valence-electron chi connectivity index (χ3n) is 4.00. The van der Waals surface area contributed by atoms with Crippen molar-refractivity contribution in [2.75, 3.05) is 20.8 Å². The maximum absolute atomic E-state index is 11.5. The molecule has 3 aromatic rings. The summed E-state index contributed by atoms with van der Waals surface area (Å²) in [6.45, 7) is 2.65. The molecular weight excluding hydrogens is 336 g/mol. The first kappa shape index (κ1) is 17.5. The van der Waals surface area contributed by atoms with E-state index in [0.717, 1.165) is 5.56 Å². The molecule has 9 heteroatoms. The number of urea groups is 1. The highest BCUT2D eigenvalue weighted by Crippen LogP contribution is 2.31. The van der Waals surface area contributed by atoms with Gasteiger partial charge in [-0.1, -0.05) is 0 Å². The highest BCUT2D eigenvalue weighted by Gasteiger charge is 2.16. The Bertz CT molecular complexity index is 939. The number of ether oxygens (including phenoxy) is 2. The number of rotatable bonds is 6. The normalized spacial score (nSPS) is 10.7. The van der Waals surface area contributed by atoms with E-state index >= 15 is 0 Å². The third kappa shape index (κ3) is 3.23. The van der Waals surface area contributed by atoms with Gasteiger partial charge in [0, 0.05) is 30.7 Å². The summed E-state index contributed by atoms with van der Waals surface area (Å²) in [6, 6.07) is 1.33. The first-order valence-corrected chi connectivity index (χ1v) is 8.02. The molecule has 0 saturated heterocycles. The summed E-state index contributed by atoms with van der Waals surface area (Å²) < 4.78 is 12.6. The van der Waals surface area contributed by atoms with E-state index in [1.54, 1.807) is 26.6 Å². The maximum Gasteiger partial charge on any atom is 0.315 e. The highest BCUT2D eigenvalue weighted by atomic mass is 16.5. The summed E-state index contributed by atoms with van der Waals surface area (Å²) in [7, 11) is 3.11. The SMILES string of the molecule is CCN(Cc1cc(-c2cn3ccnc3c(OC)n2)c(OC)cn1)C(N)=O. The van der Waals surface area contributed by atoms with E-state index in [-0.39, 0.29) is 0 Å². The Morgan fingerprint density at radius 2 is 2.12 bits per heavy atom. The van der Waals surface area contributed by atoms with Crippen molar-refractivity contribution in [3.63, 3.8) is 0 Å².